The zero-order valence-electron chi connectivity index (χ0n) is 11.2. The van der Waals surface area contributed by atoms with Crippen molar-refractivity contribution in [1.82, 2.24) is 5.32 Å². The van der Waals surface area contributed by atoms with E-state index >= 15 is 0 Å². The molecule has 0 aliphatic rings. The largest absolute Gasteiger partial charge is 0.356 e. The van der Waals surface area contributed by atoms with E-state index in [1.807, 2.05) is 30.3 Å². The summed E-state index contributed by atoms with van der Waals surface area (Å²) in [4.78, 5) is 0. The minimum Gasteiger partial charge on any atom is -0.356 e. The number of aryl methyl sites for hydroxylation is 1. The summed E-state index contributed by atoms with van der Waals surface area (Å²) >= 11 is 5.32. The molecule has 0 fully saturated rings. The molecule has 0 bridgehead atoms. The Hall–Kier alpha value is -1.87. The highest BCUT2D eigenvalue weighted by atomic mass is 32.1. The number of thiocarbonyl (C=S) groups is 1. The zero-order chi connectivity index (χ0) is 13.7. The van der Waals surface area contributed by atoms with Crippen LogP contribution in [-0.2, 0) is 0 Å². The van der Waals surface area contributed by atoms with Gasteiger partial charge in [0.2, 0.25) is 0 Å². The van der Waals surface area contributed by atoms with Gasteiger partial charge in [-0.3, -0.25) is 0 Å². The van der Waals surface area contributed by atoms with Crippen LogP contribution in [0.4, 0.5) is 5.69 Å². The van der Waals surface area contributed by atoms with E-state index in [1.54, 1.807) is 0 Å². The van der Waals surface area contributed by atoms with Crippen molar-refractivity contribution in [1.29, 1.82) is 0 Å². The number of benzene rings is 2. The molecule has 0 aromatic heterocycles. The van der Waals surface area contributed by atoms with Gasteiger partial charge in [-0.1, -0.05) is 48.0 Å². The summed E-state index contributed by atoms with van der Waals surface area (Å²) in [6.07, 6.45) is 0. The second kappa shape index (κ2) is 6.34. The smallest absolute Gasteiger partial charge is 0.171 e. The molecular formula is C16H18N2S. The third kappa shape index (κ3) is 4.07. The molecule has 0 aliphatic heterocycles. The van der Waals surface area contributed by atoms with Gasteiger partial charge in [-0.05, 0) is 43.8 Å². The summed E-state index contributed by atoms with van der Waals surface area (Å²) in [5, 5.41) is 7.11. The van der Waals surface area contributed by atoms with E-state index in [2.05, 4.69) is 48.7 Å². The number of hydrogen-bond donors (Lipinski definition) is 2. The molecule has 0 saturated heterocycles. The van der Waals surface area contributed by atoms with Gasteiger partial charge in [-0.2, -0.15) is 0 Å². The third-order valence-electron chi connectivity index (χ3n) is 2.96. The summed E-state index contributed by atoms with van der Waals surface area (Å²) in [5.74, 6) is 0. The van der Waals surface area contributed by atoms with Gasteiger partial charge in [0.1, 0.15) is 0 Å². The van der Waals surface area contributed by atoms with Crippen LogP contribution >= 0.6 is 12.2 Å². The molecule has 2 aromatic carbocycles. The molecule has 0 heterocycles. The number of rotatable bonds is 3. The van der Waals surface area contributed by atoms with Crippen molar-refractivity contribution < 1.29 is 0 Å². The molecule has 2 N–H and O–H groups in total. The van der Waals surface area contributed by atoms with Crippen molar-refractivity contribution in [3.63, 3.8) is 0 Å². The van der Waals surface area contributed by atoms with E-state index in [4.69, 9.17) is 12.2 Å². The molecule has 0 amide bonds. The maximum absolute atomic E-state index is 5.32. The SMILES string of the molecule is Cc1ccc(NC(=S)N[C@@H](C)c2ccccc2)cc1. The van der Waals surface area contributed by atoms with Crippen molar-refractivity contribution in [3.8, 4) is 0 Å². The van der Waals surface area contributed by atoms with Gasteiger partial charge >= 0.3 is 0 Å². The molecule has 98 valence electrons. The first-order valence-electron chi connectivity index (χ1n) is 6.34. The monoisotopic (exact) mass is 270 g/mol. The Labute approximate surface area is 119 Å². The quantitative estimate of drug-likeness (QED) is 0.823. The number of anilines is 1. The van der Waals surface area contributed by atoms with E-state index in [0.717, 1.165) is 5.69 Å². The second-order valence-corrected chi connectivity index (χ2v) is 5.01. The van der Waals surface area contributed by atoms with Crippen LogP contribution in [0, 0.1) is 6.92 Å². The first-order chi connectivity index (χ1) is 9.15. The highest BCUT2D eigenvalue weighted by Crippen LogP contribution is 2.12. The predicted molar refractivity (Wildman–Crippen MR) is 85.4 cm³/mol. The topological polar surface area (TPSA) is 24.1 Å². The molecule has 2 rings (SSSR count). The second-order valence-electron chi connectivity index (χ2n) is 4.60. The Morgan fingerprint density at radius 3 is 2.26 bits per heavy atom. The minimum atomic E-state index is 0.187. The van der Waals surface area contributed by atoms with Crippen LogP contribution in [0.1, 0.15) is 24.1 Å². The van der Waals surface area contributed by atoms with E-state index in [-0.39, 0.29) is 6.04 Å². The van der Waals surface area contributed by atoms with Crippen molar-refractivity contribution >= 4 is 23.0 Å². The van der Waals surface area contributed by atoms with Gasteiger partial charge in [0.15, 0.2) is 5.11 Å². The van der Waals surface area contributed by atoms with E-state index < -0.39 is 0 Å². The Bertz CT molecular complexity index is 534. The molecule has 1 atom stereocenters. The summed E-state index contributed by atoms with van der Waals surface area (Å²) in [6, 6.07) is 18.6. The van der Waals surface area contributed by atoms with Gasteiger partial charge in [0.05, 0.1) is 6.04 Å². The van der Waals surface area contributed by atoms with Crippen molar-refractivity contribution in [2.24, 2.45) is 0 Å². The minimum absolute atomic E-state index is 0.187. The van der Waals surface area contributed by atoms with Crippen molar-refractivity contribution in [3.05, 3.63) is 65.7 Å². The molecule has 0 radical (unpaired) electrons. The van der Waals surface area contributed by atoms with Gasteiger partial charge in [0.25, 0.3) is 0 Å². The Balaban J connectivity index is 1.93. The molecule has 3 heteroatoms. The van der Waals surface area contributed by atoms with Crippen LogP contribution in [-0.4, -0.2) is 5.11 Å². The molecule has 0 spiro atoms. The lowest BCUT2D eigenvalue weighted by Crippen LogP contribution is -2.30. The molecule has 0 aliphatic carbocycles. The summed E-state index contributed by atoms with van der Waals surface area (Å²) in [7, 11) is 0. The molecule has 2 aromatic rings. The van der Waals surface area contributed by atoms with Gasteiger partial charge in [-0.25, -0.2) is 0 Å². The summed E-state index contributed by atoms with van der Waals surface area (Å²) in [5.41, 5.74) is 3.46. The van der Waals surface area contributed by atoms with Gasteiger partial charge in [0, 0.05) is 5.69 Å². The zero-order valence-corrected chi connectivity index (χ0v) is 12.0. The first-order valence-corrected chi connectivity index (χ1v) is 6.75. The lowest BCUT2D eigenvalue weighted by Gasteiger charge is -2.17. The van der Waals surface area contributed by atoms with E-state index in [9.17, 15) is 0 Å². The van der Waals surface area contributed by atoms with Crippen molar-refractivity contribution in [2.45, 2.75) is 19.9 Å². The van der Waals surface area contributed by atoms with Crippen LogP contribution in [0.25, 0.3) is 0 Å². The Kier molecular flexibility index (Phi) is 4.53. The van der Waals surface area contributed by atoms with Crippen LogP contribution in [0.2, 0.25) is 0 Å². The Morgan fingerprint density at radius 1 is 1.00 bits per heavy atom. The van der Waals surface area contributed by atoms with E-state index in [0.29, 0.717) is 5.11 Å². The fourth-order valence-corrected chi connectivity index (χ4v) is 2.12. The first kappa shape index (κ1) is 13.6. The fourth-order valence-electron chi connectivity index (χ4n) is 1.83. The highest BCUT2D eigenvalue weighted by molar-refractivity contribution is 7.80. The van der Waals surface area contributed by atoms with Gasteiger partial charge in [-0.15, -0.1) is 0 Å². The molecule has 2 nitrogen and oxygen atoms in total. The number of nitrogens with one attached hydrogen (secondary N) is 2. The van der Waals surface area contributed by atoms with Crippen LogP contribution in [0.3, 0.4) is 0 Å². The molecule has 0 unspecified atom stereocenters. The van der Waals surface area contributed by atoms with Gasteiger partial charge < -0.3 is 10.6 Å². The third-order valence-corrected chi connectivity index (χ3v) is 3.18. The molecule has 0 saturated carbocycles. The van der Waals surface area contributed by atoms with Crippen LogP contribution in [0.5, 0.6) is 0 Å². The average Bonchev–Trinajstić information content (AvgIpc) is 2.42. The standard InChI is InChI=1S/C16H18N2S/c1-12-8-10-15(11-9-12)18-16(19)17-13(2)14-6-4-3-5-7-14/h3-11,13H,1-2H3,(H2,17,18,19)/t13-/m0/s1. The fraction of sp³-hybridized carbons (Fsp3) is 0.188. The normalized spacial score (nSPS) is 11.7. The number of hydrogen-bond acceptors (Lipinski definition) is 1. The lowest BCUT2D eigenvalue weighted by atomic mass is 10.1. The average molecular weight is 270 g/mol. The molecular weight excluding hydrogens is 252 g/mol. The van der Waals surface area contributed by atoms with E-state index in [1.165, 1.54) is 11.1 Å². The highest BCUT2D eigenvalue weighted by Gasteiger charge is 2.06. The lowest BCUT2D eigenvalue weighted by molar-refractivity contribution is 0.722. The van der Waals surface area contributed by atoms with Crippen molar-refractivity contribution in [2.75, 3.05) is 5.32 Å². The molecule has 19 heavy (non-hydrogen) atoms. The Morgan fingerprint density at radius 2 is 1.63 bits per heavy atom. The maximum Gasteiger partial charge on any atom is 0.171 e. The summed E-state index contributed by atoms with van der Waals surface area (Å²) < 4.78 is 0. The van der Waals surface area contributed by atoms with Crippen LogP contribution in [0.15, 0.2) is 54.6 Å². The maximum atomic E-state index is 5.32. The summed E-state index contributed by atoms with van der Waals surface area (Å²) in [6.45, 7) is 4.16. The van der Waals surface area contributed by atoms with Crippen LogP contribution < -0.4 is 10.6 Å². The predicted octanol–water partition coefficient (Wildman–Crippen LogP) is 4.04.